The molecule has 1 aromatic carbocycles. The summed E-state index contributed by atoms with van der Waals surface area (Å²) in [5, 5.41) is 16.2. The van der Waals surface area contributed by atoms with Crippen LogP contribution in [0.2, 0.25) is 0 Å². The van der Waals surface area contributed by atoms with Crippen molar-refractivity contribution in [3.05, 3.63) is 41.2 Å². The van der Waals surface area contributed by atoms with Crippen LogP contribution in [-0.2, 0) is 22.5 Å². The molecule has 1 amide bonds. The first-order chi connectivity index (χ1) is 14.1. The third-order valence-electron chi connectivity index (χ3n) is 5.15. The highest BCUT2D eigenvalue weighted by molar-refractivity contribution is 5.91. The zero-order valence-corrected chi connectivity index (χ0v) is 17.1. The maximum absolute atomic E-state index is 12.4. The Morgan fingerprint density at radius 1 is 1.45 bits per heavy atom. The number of hydrogen-bond donors (Lipinski definition) is 1. The van der Waals surface area contributed by atoms with Crippen molar-refractivity contribution in [2.75, 3.05) is 18.5 Å². The predicted octanol–water partition coefficient (Wildman–Crippen LogP) is 3.54. The quantitative estimate of drug-likeness (QED) is 0.700. The van der Waals surface area contributed by atoms with Crippen molar-refractivity contribution < 1.29 is 14.3 Å². The Labute approximate surface area is 171 Å². The number of nitriles is 1. The van der Waals surface area contributed by atoms with Crippen LogP contribution in [0.25, 0.3) is 0 Å². The fourth-order valence-electron chi connectivity index (χ4n) is 3.56. The molecule has 1 N–H and O–H groups in total. The second-order valence-electron chi connectivity index (χ2n) is 7.30. The topological polar surface area (TPSA) is 89.2 Å². The standard InChI is InChI=1S/C22H28N4O3/c1-16-21(17(2)26(25-16)12-5-11-23)9-10-22(27)24-18-6-3-7-19(14-18)29-15-20-8-4-13-28-20/h3,6-7,14,20H,4-5,8-10,12-13,15H2,1-2H3,(H,24,27). The summed E-state index contributed by atoms with van der Waals surface area (Å²) in [6.07, 6.45) is 3.68. The molecule has 1 saturated heterocycles. The average Bonchev–Trinajstić information content (AvgIpc) is 3.32. The molecule has 1 fully saturated rings. The molecule has 2 aromatic rings. The van der Waals surface area contributed by atoms with Crippen LogP contribution in [0.3, 0.4) is 0 Å². The van der Waals surface area contributed by atoms with E-state index in [1.54, 1.807) is 0 Å². The Bertz CT molecular complexity index is 879. The van der Waals surface area contributed by atoms with Gasteiger partial charge in [-0.1, -0.05) is 6.07 Å². The van der Waals surface area contributed by atoms with Crippen molar-refractivity contribution in [3.8, 4) is 11.8 Å². The molecule has 2 heterocycles. The normalized spacial score (nSPS) is 15.8. The summed E-state index contributed by atoms with van der Waals surface area (Å²) in [5.41, 5.74) is 3.73. The largest absolute Gasteiger partial charge is 0.491 e. The van der Waals surface area contributed by atoms with Gasteiger partial charge < -0.3 is 14.8 Å². The number of carbonyl (C=O) groups is 1. The van der Waals surface area contributed by atoms with E-state index in [9.17, 15) is 4.79 Å². The third-order valence-corrected chi connectivity index (χ3v) is 5.15. The number of amides is 1. The number of anilines is 1. The van der Waals surface area contributed by atoms with Gasteiger partial charge in [0.2, 0.25) is 5.91 Å². The number of hydrogen-bond acceptors (Lipinski definition) is 5. The van der Waals surface area contributed by atoms with E-state index in [-0.39, 0.29) is 12.0 Å². The van der Waals surface area contributed by atoms with Crippen LogP contribution < -0.4 is 10.1 Å². The van der Waals surface area contributed by atoms with Crippen molar-refractivity contribution >= 4 is 11.6 Å². The molecule has 1 atom stereocenters. The maximum Gasteiger partial charge on any atom is 0.224 e. The Morgan fingerprint density at radius 2 is 2.31 bits per heavy atom. The van der Waals surface area contributed by atoms with Gasteiger partial charge >= 0.3 is 0 Å². The minimum absolute atomic E-state index is 0.0511. The van der Waals surface area contributed by atoms with Gasteiger partial charge in [-0.2, -0.15) is 10.4 Å². The summed E-state index contributed by atoms with van der Waals surface area (Å²) in [7, 11) is 0. The number of rotatable bonds is 9. The van der Waals surface area contributed by atoms with E-state index in [1.807, 2.05) is 42.8 Å². The molecule has 154 valence electrons. The molecule has 7 nitrogen and oxygen atoms in total. The van der Waals surface area contributed by atoms with Crippen LogP contribution >= 0.6 is 0 Å². The number of aryl methyl sites for hydroxylation is 2. The zero-order valence-electron chi connectivity index (χ0n) is 17.1. The molecule has 1 aliphatic rings. The molecule has 1 aromatic heterocycles. The molecule has 0 saturated carbocycles. The van der Waals surface area contributed by atoms with Crippen molar-refractivity contribution in [1.82, 2.24) is 9.78 Å². The predicted molar refractivity (Wildman–Crippen MR) is 110 cm³/mol. The second kappa shape index (κ2) is 10.1. The summed E-state index contributed by atoms with van der Waals surface area (Å²) >= 11 is 0. The summed E-state index contributed by atoms with van der Waals surface area (Å²) in [5.74, 6) is 0.675. The van der Waals surface area contributed by atoms with Gasteiger partial charge in [0.25, 0.3) is 0 Å². The van der Waals surface area contributed by atoms with Crippen molar-refractivity contribution in [1.29, 1.82) is 5.26 Å². The number of carbonyl (C=O) groups excluding carboxylic acids is 1. The number of nitrogens with one attached hydrogen (secondary N) is 1. The fraction of sp³-hybridized carbons (Fsp3) is 0.500. The van der Waals surface area contributed by atoms with Gasteiger partial charge in [0.05, 0.1) is 30.8 Å². The summed E-state index contributed by atoms with van der Waals surface area (Å²) in [6.45, 7) is 5.84. The minimum atomic E-state index is -0.0511. The monoisotopic (exact) mass is 396 g/mol. The van der Waals surface area contributed by atoms with Crippen LogP contribution in [0, 0.1) is 25.2 Å². The lowest BCUT2D eigenvalue weighted by Crippen LogP contribution is -2.16. The van der Waals surface area contributed by atoms with Crippen LogP contribution in [0.4, 0.5) is 5.69 Å². The van der Waals surface area contributed by atoms with E-state index in [0.29, 0.717) is 32.4 Å². The zero-order chi connectivity index (χ0) is 20.6. The lowest BCUT2D eigenvalue weighted by atomic mass is 10.1. The van der Waals surface area contributed by atoms with Crippen LogP contribution in [-0.4, -0.2) is 35.0 Å². The van der Waals surface area contributed by atoms with Gasteiger partial charge in [-0.25, -0.2) is 0 Å². The highest BCUT2D eigenvalue weighted by atomic mass is 16.5. The van der Waals surface area contributed by atoms with E-state index in [4.69, 9.17) is 14.7 Å². The number of nitrogens with zero attached hydrogens (tertiary/aromatic N) is 3. The Balaban J connectivity index is 1.51. The molecule has 0 radical (unpaired) electrons. The van der Waals surface area contributed by atoms with Gasteiger partial charge in [0, 0.05) is 30.5 Å². The average molecular weight is 396 g/mol. The minimum Gasteiger partial charge on any atom is -0.491 e. The van der Waals surface area contributed by atoms with Gasteiger partial charge in [0.1, 0.15) is 12.4 Å². The van der Waals surface area contributed by atoms with Crippen molar-refractivity contribution in [2.24, 2.45) is 0 Å². The first kappa shape index (κ1) is 20.9. The Hall–Kier alpha value is -2.85. The molecule has 0 aliphatic carbocycles. The molecule has 7 heteroatoms. The first-order valence-electron chi connectivity index (χ1n) is 10.1. The van der Waals surface area contributed by atoms with Gasteiger partial charge in [-0.15, -0.1) is 0 Å². The lowest BCUT2D eigenvalue weighted by molar-refractivity contribution is -0.116. The van der Waals surface area contributed by atoms with Crippen LogP contribution in [0.5, 0.6) is 5.75 Å². The molecule has 1 aliphatic heterocycles. The number of aromatic nitrogens is 2. The molecular formula is C22H28N4O3. The Morgan fingerprint density at radius 3 is 3.07 bits per heavy atom. The SMILES string of the molecule is Cc1nn(CCC#N)c(C)c1CCC(=O)Nc1cccc(OCC2CCCO2)c1. The molecule has 0 spiro atoms. The fourth-order valence-corrected chi connectivity index (χ4v) is 3.56. The molecule has 1 unspecified atom stereocenters. The van der Waals surface area contributed by atoms with Gasteiger partial charge in [0.15, 0.2) is 0 Å². The van der Waals surface area contributed by atoms with E-state index in [1.165, 1.54) is 0 Å². The van der Waals surface area contributed by atoms with E-state index in [2.05, 4.69) is 16.5 Å². The van der Waals surface area contributed by atoms with Crippen molar-refractivity contribution in [3.63, 3.8) is 0 Å². The van der Waals surface area contributed by atoms with Gasteiger partial charge in [-0.05, 0) is 50.8 Å². The highest BCUT2D eigenvalue weighted by Gasteiger charge is 2.16. The molecular weight excluding hydrogens is 368 g/mol. The second-order valence-corrected chi connectivity index (χ2v) is 7.30. The molecule has 29 heavy (non-hydrogen) atoms. The van der Waals surface area contributed by atoms with Crippen molar-refractivity contribution in [2.45, 2.75) is 58.6 Å². The number of benzene rings is 1. The summed E-state index contributed by atoms with van der Waals surface area (Å²) < 4.78 is 13.2. The first-order valence-corrected chi connectivity index (χ1v) is 10.1. The van der Waals surface area contributed by atoms with Gasteiger partial charge in [-0.3, -0.25) is 9.48 Å². The van der Waals surface area contributed by atoms with Crippen LogP contribution in [0.15, 0.2) is 24.3 Å². The number of ether oxygens (including phenoxy) is 2. The van der Waals surface area contributed by atoms with E-state index < -0.39 is 0 Å². The van der Waals surface area contributed by atoms with Crippen LogP contribution in [0.1, 0.15) is 42.6 Å². The van der Waals surface area contributed by atoms with E-state index in [0.717, 1.165) is 47.8 Å². The molecule has 3 rings (SSSR count). The van der Waals surface area contributed by atoms with E-state index >= 15 is 0 Å². The Kier molecular flexibility index (Phi) is 7.25. The summed E-state index contributed by atoms with van der Waals surface area (Å²) in [4.78, 5) is 12.4. The highest BCUT2D eigenvalue weighted by Crippen LogP contribution is 2.21. The summed E-state index contributed by atoms with van der Waals surface area (Å²) in [6, 6.07) is 9.58. The smallest absolute Gasteiger partial charge is 0.224 e. The third kappa shape index (κ3) is 5.81. The maximum atomic E-state index is 12.4. The lowest BCUT2D eigenvalue weighted by Gasteiger charge is -2.12. The molecule has 0 bridgehead atoms.